The summed E-state index contributed by atoms with van der Waals surface area (Å²) in [5.41, 5.74) is 2.02. The van der Waals surface area contributed by atoms with Crippen molar-refractivity contribution in [2.24, 2.45) is 4.99 Å². The van der Waals surface area contributed by atoms with Gasteiger partial charge in [-0.15, -0.1) is 0 Å². The normalized spacial score (nSPS) is 15.5. The molecule has 3 aromatic carbocycles. The van der Waals surface area contributed by atoms with Crippen molar-refractivity contribution >= 4 is 27.2 Å². The molecule has 1 N–H and O–H groups in total. The monoisotopic (exact) mass is 419 g/mol. The van der Waals surface area contributed by atoms with Crippen LogP contribution in [0.2, 0.25) is 0 Å². The first kappa shape index (κ1) is 18.7. The molecule has 2 aliphatic heterocycles. The molecule has 2 aliphatic rings. The lowest BCUT2D eigenvalue weighted by atomic mass is 10.1. The van der Waals surface area contributed by atoms with Crippen LogP contribution in [0.15, 0.2) is 82.7 Å². The zero-order valence-corrected chi connectivity index (χ0v) is 17.1. The van der Waals surface area contributed by atoms with Crippen molar-refractivity contribution in [3.8, 4) is 11.5 Å². The molecule has 5 rings (SSSR count). The van der Waals surface area contributed by atoms with Gasteiger partial charge >= 0.3 is 0 Å². The Bertz CT molecular complexity index is 1220. The number of hydrogen-bond donors (Lipinski definition) is 1. The van der Waals surface area contributed by atoms with Gasteiger partial charge in [-0.1, -0.05) is 30.3 Å². The van der Waals surface area contributed by atoms with E-state index in [1.165, 1.54) is 0 Å². The average Bonchev–Trinajstić information content (AvgIpc) is 3.24. The van der Waals surface area contributed by atoms with E-state index in [4.69, 9.17) is 9.73 Å². The first-order valence-electron chi connectivity index (χ1n) is 9.93. The van der Waals surface area contributed by atoms with E-state index in [1.54, 1.807) is 48.5 Å². The van der Waals surface area contributed by atoms with Crippen LogP contribution < -0.4 is 9.46 Å². The van der Waals surface area contributed by atoms with Gasteiger partial charge < -0.3 is 9.64 Å². The van der Waals surface area contributed by atoms with E-state index in [1.807, 2.05) is 24.3 Å². The molecule has 0 aromatic heterocycles. The van der Waals surface area contributed by atoms with Gasteiger partial charge in [-0.25, -0.2) is 13.4 Å². The van der Waals surface area contributed by atoms with Crippen molar-refractivity contribution in [2.75, 3.05) is 17.8 Å². The SMILES string of the molecule is O=S(=O)(Nc1ccc2c(c1)C(N1CCCC1)=Nc1ccccc1O2)c1ccccc1. The molecule has 30 heavy (non-hydrogen) atoms. The van der Waals surface area contributed by atoms with E-state index in [2.05, 4.69) is 9.62 Å². The smallest absolute Gasteiger partial charge is 0.261 e. The lowest BCUT2D eigenvalue weighted by Crippen LogP contribution is -2.28. The van der Waals surface area contributed by atoms with E-state index in [9.17, 15) is 8.42 Å². The zero-order chi connectivity index (χ0) is 20.6. The Labute approximate surface area is 175 Å². The number of para-hydroxylation sites is 2. The van der Waals surface area contributed by atoms with E-state index in [0.717, 1.165) is 43.0 Å². The Hall–Kier alpha value is -3.32. The maximum atomic E-state index is 12.8. The van der Waals surface area contributed by atoms with Gasteiger partial charge in [0.05, 0.1) is 10.5 Å². The molecule has 7 heteroatoms. The largest absolute Gasteiger partial charge is 0.454 e. The third-order valence-electron chi connectivity index (χ3n) is 5.24. The molecule has 2 heterocycles. The number of benzene rings is 3. The number of likely N-dealkylation sites (tertiary alicyclic amines) is 1. The van der Waals surface area contributed by atoms with E-state index >= 15 is 0 Å². The maximum Gasteiger partial charge on any atom is 0.261 e. The van der Waals surface area contributed by atoms with Crippen LogP contribution in [0.3, 0.4) is 0 Å². The molecule has 1 fully saturated rings. The third-order valence-corrected chi connectivity index (χ3v) is 6.64. The van der Waals surface area contributed by atoms with Crippen LogP contribution in [-0.2, 0) is 10.0 Å². The number of nitrogens with one attached hydrogen (secondary N) is 1. The summed E-state index contributed by atoms with van der Waals surface area (Å²) < 4.78 is 34.4. The summed E-state index contributed by atoms with van der Waals surface area (Å²) >= 11 is 0. The number of hydrogen-bond acceptors (Lipinski definition) is 5. The Morgan fingerprint density at radius 2 is 1.60 bits per heavy atom. The number of nitrogens with zero attached hydrogens (tertiary/aromatic N) is 2. The third kappa shape index (κ3) is 3.52. The molecule has 0 saturated carbocycles. The molecular formula is C23H21N3O3S. The molecule has 0 spiro atoms. The number of ether oxygens (including phenoxy) is 1. The minimum Gasteiger partial charge on any atom is -0.454 e. The summed E-state index contributed by atoms with van der Waals surface area (Å²) in [7, 11) is -3.68. The van der Waals surface area contributed by atoms with Gasteiger partial charge in [-0.2, -0.15) is 0 Å². The fourth-order valence-electron chi connectivity index (χ4n) is 3.77. The summed E-state index contributed by atoms with van der Waals surface area (Å²) in [5, 5.41) is 0. The van der Waals surface area contributed by atoms with Crippen LogP contribution in [0.1, 0.15) is 18.4 Å². The fraction of sp³-hybridized carbons (Fsp3) is 0.174. The van der Waals surface area contributed by atoms with E-state index in [-0.39, 0.29) is 4.90 Å². The summed E-state index contributed by atoms with van der Waals surface area (Å²) in [6.07, 6.45) is 2.22. The van der Waals surface area contributed by atoms with Crippen LogP contribution in [-0.4, -0.2) is 32.2 Å². The van der Waals surface area contributed by atoms with Gasteiger partial charge in [0.25, 0.3) is 10.0 Å². The molecule has 0 unspecified atom stereocenters. The van der Waals surface area contributed by atoms with Crippen molar-refractivity contribution in [3.05, 3.63) is 78.4 Å². The predicted molar refractivity (Wildman–Crippen MR) is 117 cm³/mol. The first-order valence-corrected chi connectivity index (χ1v) is 11.4. The average molecular weight is 420 g/mol. The molecule has 0 radical (unpaired) electrons. The van der Waals surface area contributed by atoms with Gasteiger partial charge in [0.1, 0.15) is 17.3 Å². The maximum absolute atomic E-state index is 12.8. The van der Waals surface area contributed by atoms with Gasteiger partial charge in [0.15, 0.2) is 5.75 Å². The molecular weight excluding hydrogens is 398 g/mol. The van der Waals surface area contributed by atoms with Gasteiger partial charge in [0, 0.05) is 18.8 Å². The highest BCUT2D eigenvalue weighted by molar-refractivity contribution is 7.92. The molecule has 3 aromatic rings. The second kappa shape index (κ2) is 7.50. The van der Waals surface area contributed by atoms with Gasteiger partial charge in [-0.05, 0) is 55.3 Å². The lowest BCUT2D eigenvalue weighted by Gasteiger charge is -2.21. The number of anilines is 1. The Morgan fingerprint density at radius 1 is 0.867 bits per heavy atom. The Balaban J connectivity index is 1.57. The predicted octanol–water partition coefficient (Wildman–Crippen LogP) is 4.77. The standard InChI is InChI=1S/C23H21N3O3S/c27-30(28,18-8-2-1-3-9-18)25-17-12-13-21-19(16-17)23(26-14-6-7-15-26)24-20-10-4-5-11-22(20)29-21/h1-5,8-13,16,25H,6-7,14-15H2. The quantitative estimate of drug-likeness (QED) is 0.664. The van der Waals surface area contributed by atoms with Crippen LogP contribution in [0.5, 0.6) is 11.5 Å². The van der Waals surface area contributed by atoms with Crippen LogP contribution >= 0.6 is 0 Å². The highest BCUT2D eigenvalue weighted by Crippen LogP contribution is 2.39. The first-order chi connectivity index (χ1) is 14.6. The molecule has 0 aliphatic carbocycles. The van der Waals surface area contributed by atoms with Crippen LogP contribution in [0, 0.1) is 0 Å². The summed E-state index contributed by atoms with van der Waals surface area (Å²) in [5.74, 6) is 2.16. The fourth-order valence-corrected chi connectivity index (χ4v) is 4.84. The molecule has 152 valence electrons. The minimum absolute atomic E-state index is 0.219. The summed E-state index contributed by atoms with van der Waals surface area (Å²) in [6.45, 7) is 1.83. The number of aliphatic imine (C=N–C) groups is 1. The van der Waals surface area contributed by atoms with E-state index < -0.39 is 10.0 Å². The number of fused-ring (bicyclic) bond motifs is 2. The van der Waals surface area contributed by atoms with Crippen LogP contribution in [0.4, 0.5) is 11.4 Å². The van der Waals surface area contributed by atoms with Crippen molar-refractivity contribution in [3.63, 3.8) is 0 Å². The molecule has 0 amide bonds. The Kier molecular flexibility index (Phi) is 4.67. The second-order valence-electron chi connectivity index (χ2n) is 7.33. The second-order valence-corrected chi connectivity index (χ2v) is 9.01. The minimum atomic E-state index is -3.68. The number of amidine groups is 1. The highest BCUT2D eigenvalue weighted by atomic mass is 32.2. The van der Waals surface area contributed by atoms with Crippen molar-refractivity contribution in [1.82, 2.24) is 4.90 Å². The Morgan fingerprint density at radius 3 is 2.40 bits per heavy atom. The lowest BCUT2D eigenvalue weighted by molar-refractivity contribution is 0.481. The summed E-state index contributed by atoms with van der Waals surface area (Å²) in [4.78, 5) is 7.35. The van der Waals surface area contributed by atoms with Crippen molar-refractivity contribution < 1.29 is 13.2 Å². The topological polar surface area (TPSA) is 71.0 Å². The number of sulfonamides is 1. The molecule has 0 atom stereocenters. The van der Waals surface area contributed by atoms with Crippen molar-refractivity contribution in [1.29, 1.82) is 0 Å². The van der Waals surface area contributed by atoms with E-state index in [0.29, 0.717) is 17.2 Å². The highest BCUT2D eigenvalue weighted by Gasteiger charge is 2.25. The van der Waals surface area contributed by atoms with Gasteiger partial charge in [0.2, 0.25) is 0 Å². The molecule has 6 nitrogen and oxygen atoms in total. The molecule has 0 bridgehead atoms. The summed E-state index contributed by atoms with van der Waals surface area (Å²) in [6, 6.07) is 21.3. The van der Waals surface area contributed by atoms with Crippen LogP contribution in [0.25, 0.3) is 0 Å². The van der Waals surface area contributed by atoms with Gasteiger partial charge in [-0.3, -0.25) is 4.72 Å². The molecule has 1 saturated heterocycles. The van der Waals surface area contributed by atoms with Crippen molar-refractivity contribution in [2.45, 2.75) is 17.7 Å². The zero-order valence-electron chi connectivity index (χ0n) is 16.3. The number of rotatable bonds is 3.